The Morgan fingerprint density at radius 3 is 2.82 bits per heavy atom. The fourth-order valence-corrected chi connectivity index (χ4v) is 2.67. The molecule has 0 heterocycles. The monoisotopic (exact) mass is 229 g/mol. The molecule has 2 rings (SSSR count). The van der Waals surface area contributed by atoms with Crippen molar-refractivity contribution in [1.29, 1.82) is 0 Å². The highest BCUT2D eigenvalue weighted by atomic mass is 14.9. The van der Waals surface area contributed by atoms with Crippen LogP contribution in [0.15, 0.2) is 35.9 Å². The highest BCUT2D eigenvalue weighted by Gasteiger charge is 2.14. The number of benzene rings is 1. The Morgan fingerprint density at radius 1 is 1.29 bits per heavy atom. The average molecular weight is 229 g/mol. The number of likely N-dealkylation sites (N-methyl/N-ethyl adjacent to an activating group) is 1. The van der Waals surface area contributed by atoms with E-state index in [1.54, 1.807) is 5.57 Å². The van der Waals surface area contributed by atoms with Crippen LogP contribution in [-0.2, 0) is 6.42 Å². The smallest absolute Gasteiger partial charge is 0.0317 e. The number of hydrogen-bond acceptors (Lipinski definition) is 1. The summed E-state index contributed by atoms with van der Waals surface area (Å²) in [4.78, 5) is 0. The predicted molar refractivity (Wildman–Crippen MR) is 74.3 cm³/mol. The van der Waals surface area contributed by atoms with Gasteiger partial charge in [0.2, 0.25) is 0 Å². The molecule has 0 bridgehead atoms. The molecule has 0 aliphatic heterocycles. The highest BCUT2D eigenvalue weighted by molar-refractivity contribution is 5.26. The third kappa shape index (κ3) is 3.44. The van der Waals surface area contributed by atoms with Crippen LogP contribution in [0.2, 0.25) is 0 Å². The van der Waals surface area contributed by atoms with Crippen LogP contribution in [-0.4, -0.2) is 13.1 Å². The predicted octanol–water partition coefficient (Wildman–Crippen LogP) is 3.63. The van der Waals surface area contributed by atoms with Gasteiger partial charge >= 0.3 is 0 Å². The second-order valence-corrected chi connectivity index (χ2v) is 5.06. The van der Waals surface area contributed by atoms with Crippen molar-refractivity contribution in [3.05, 3.63) is 47.0 Å². The molecular formula is C16H23N. The minimum Gasteiger partial charge on any atom is -0.313 e. The van der Waals surface area contributed by atoms with Crippen molar-refractivity contribution >= 4 is 0 Å². The first-order valence-corrected chi connectivity index (χ1v) is 6.71. The van der Waals surface area contributed by atoms with Crippen molar-refractivity contribution in [2.75, 3.05) is 7.05 Å². The molecule has 92 valence electrons. The Labute approximate surface area is 105 Å². The number of nitrogens with one attached hydrogen (secondary N) is 1. The van der Waals surface area contributed by atoms with Gasteiger partial charge < -0.3 is 5.32 Å². The fraction of sp³-hybridized carbons (Fsp3) is 0.500. The number of allylic oxidation sites excluding steroid dienone is 1. The van der Waals surface area contributed by atoms with E-state index in [4.69, 9.17) is 0 Å². The standard InChI is InChI=1S/C16H23N/c1-13-7-6-8-14(11-13)12-16(17-2)15-9-4-3-5-10-15/h6-9,11,16-17H,3-5,10,12H2,1-2H3. The molecule has 1 unspecified atom stereocenters. The summed E-state index contributed by atoms with van der Waals surface area (Å²) in [5.41, 5.74) is 4.41. The van der Waals surface area contributed by atoms with Crippen molar-refractivity contribution in [1.82, 2.24) is 5.32 Å². The van der Waals surface area contributed by atoms with Gasteiger partial charge in [0, 0.05) is 6.04 Å². The molecule has 1 nitrogen and oxygen atoms in total. The number of aryl methyl sites for hydroxylation is 1. The van der Waals surface area contributed by atoms with Gasteiger partial charge in [0.15, 0.2) is 0 Å². The van der Waals surface area contributed by atoms with E-state index in [2.05, 4.69) is 49.6 Å². The summed E-state index contributed by atoms with van der Waals surface area (Å²) in [6.45, 7) is 2.16. The van der Waals surface area contributed by atoms with Crippen LogP contribution in [0, 0.1) is 6.92 Å². The summed E-state index contributed by atoms with van der Waals surface area (Å²) >= 11 is 0. The SMILES string of the molecule is CNC(Cc1cccc(C)c1)C1=CCCCC1. The van der Waals surface area contributed by atoms with Crippen molar-refractivity contribution in [2.45, 2.75) is 45.1 Å². The zero-order valence-corrected chi connectivity index (χ0v) is 11.0. The lowest BCUT2D eigenvalue weighted by molar-refractivity contribution is 0.569. The Morgan fingerprint density at radius 2 is 2.18 bits per heavy atom. The summed E-state index contributed by atoms with van der Waals surface area (Å²) in [5.74, 6) is 0. The fourth-order valence-electron chi connectivity index (χ4n) is 2.67. The first-order valence-electron chi connectivity index (χ1n) is 6.71. The first-order chi connectivity index (χ1) is 8.29. The van der Waals surface area contributed by atoms with E-state index in [0.29, 0.717) is 6.04 Å². The molecule has 1 aliphatic rings. The van der Waals surface area contributed by atoms with Crippen LogP contribution in [0.3, 0.4) is 0 Å². The molecule has 1 atom stereocenters. The number of hydrogen-bond donors (Lipinski definition) is 1. The third-order valence-electron chi connectivity index (χ3n) is 3.64. The molecule has 1 N–H and O–H groups in total. The zero-order chi connectivity index (χ0) is 12.1. The zero-order valence-electron chi connectivity index (χ0n) is 11.0. The summed E-state index contributed by atoms with van der Waals surface area (Å²) in [6.07, 6.45) is 8.82. The van der Waals surface area contributed by atoms with Gasteiger partial charge in [-0.25, -0.2) is 0 Å². The van der Waals surface area contributed by atoms with Crippen LogP contribution < -0.4 is 5.32 Å². The van der Waals surface area contributed by atoms with Crippen molar-refractivity contribution in [3.63, 3.8) is 0 Å². The molecule has 1 aromatic rings. The van der Waals surface area contributed by atoms with Crippen LogP contribution in [0.5, 0.6) is 0 Å². The van der Waals surface area contributed by atoms with Crippen molar-refractivity contribution in [3.8, 4) is 0 Å². The van der Waals surface area contributed by atoms with Crippen LogP contribution in [0.25, 0.3) is 0 Å². The maximum Gasteiger partial charge on any atom is 0.0317 e. The van der Waals surface area contributed by atoms with Gasteiger partial charge in [-0.3, -0.25) is 0 Å². The lowest BCUT2D eigenvalue weighted by atomic mass is 9.90. The summed E-state index contributed by atoms with van der Waals surface area (Å²) in [5, 5.41) is 3.47. The first kappa shape index (κ1) is 12.4. The average Bonchev–Trinajstić information content (AvgIpc) is 2.37. The lowest BCUT2D eigenvalue weighted by Gasteiger charge is -2.23. The van der Waals surface area contributed by atoms with E-state index in [1.807, 2.05) is 0 Å². The topological polar surface area (TPSA) is 12.0 Å². The van der Waals surface area contributed by atoms with Crippen molar-refractivity contribution in [2.24, 2.45) is 0 Å². The largest absolute Gasteiger partial charge is 0.313 e. The van der Waals surface area contributed by atoms with Gasteiger partial charge in [-0.05, 0) is 51.6 Å². The van der Waals surface area contributed by atoms with E-state index >= 15 is 0 Å². The lowest BCUT2D eigenvalue weighted by Crippen LogP contribution is -2.30. The Balaban J connectivity index is 2.06. The Hall–Kier alpha value is -1.08. The molecule has 0 saturated carbocycles. The van der Waals surface area contributed by atoms with Gasteiger partial charge in [-0.15, -0.1) is 0 Å². The molecule has 0 aromatic heterocycles. The van der Waals surface area contributed by atoms with E-state index in [0.717, 1.165) is 6.42 Å². The minimum absolute atomic E-state index is 0.525. The Bertz CT molecular complexity index is 392. The summed E-state index contributed by atoms with van der Waals surface area (Å²) in [7, 11) is 2.08. The second kappa shape index (κ2) is 6.02. The van der Waals surface area contributed by atoms with E-state index in [-0.39, 0.29) is 0 Å². The van der Waals surface area contributed by atoms with Crippen LogP contribution >= 0.6 is 0 Å². The maximum atomic E-state index is 3.47. The van der Waals surface area contributed by atoms with Gasteiger partial charge in [0.1, 0.15) is 0 Å². The Kier molecular flexibility index (Phi) is 4.38. The van der Waals surface area contributed by atoms with Gasteiger partial charge in [-0.1, -0.05) is 41.5 Å². The molecule has 0 fully saturated rings. The molecule has 0 spiro atoms. The molecule has 0 saturated heterocycles. The molecule has 1 aromatic carbocycles. The normalized spacial score (nSPS) is 17.6. The van der Waals surface area contributed by atoms with E-state index in [9.17, 15) is 0 Å². The van der Waals surface area contributed by atoms with Crippen molar-refractivity contribution < 1.29 is 0 Å². The van der Waals surface area contributed by atoms with Gasteiger partial charge in [0.25, 0.3) is 0 Å². The van der Waals surface area contributed by atoms with Crippen LogP contribution in [0.4, 0.5) is 0 Å². The second-order valence-electron chi connectivity index (χ2n) is 5.06. The summed E-state index contributed by atoms with van der Waals surface area (Å²) in [6, 6.07) is 9.39. The molecule has 1 heteroatoms. The van der Waals surface area contributed by atoms with Crippen LogP contribution in [0.1, 0.15) is 36.8 Å². The molecule has 1 aliphatic carbocycles. The number of rotatable bonds is 4. The molecule has 17 heavy (non-hydrogen) atoms. The van der Waals surface area contributed by atoms with Gasteiger partial charge in [-0.2, -0.15) is 0 Å². The van der Waals surface area contributed by atoms with E-state index in [1.165, 1.54) is 36.8 Å². The molecular weight excluding hydrogens is 206 g/mol. The van der Waals surface area contributed by atoms with Gasteiger partial charge in [0.05, 0.1) is 0 Å². The van der Waals surface area contributed by atoms with E-state index < -0.39 is 0 Å². The quantitative estimate of drug-likeness (QED) is 0.777. The third-order valence-corrected chi connectivity index (χ3v) is 3.64. The molecule has 0 radical (unpaired) electrons. The highest BCUT2D eigenvalue weighted by Crippen LogP contribution is 2.22. The summed E-state index contributed by atoms with van der Waals surface area (Å²) < 4.78 is 0. The maximum absolute atomic E-state index is 3.47. The molecule has 0 amide bonds. The minimum atomic E-state index is 0.525.